The minimum absolute atomic E-state index is 0.000297. The topological polar surface area (TPSA) is 101 Å². The van der Waals surface area contributed by atoms with Gasteiger partial charge in [-0.05, 0) is 13.3 Å². The van der Waals surface area contributed by atoms with Gasteiger partial charge in [-0.2, -0.15) is 0 Å². The molecular weight excluding hydrogens is 330 g/mol. The van der Waals surface area contributed by atoms with Gasteiger partial charge in [-0.1, -0.05) is 35.0 Å². The van der Waals surface area contributed by atoms with Crippen molar-refractivity contribution in [3.63, 3.8) is 0 Å². The van der Waals surface area contributed by atoms with Gasteiger partial charge in [0.1, 0.15) is 5.69 Å². The molecule has 1 aliphatic heterocycles. The van der Waals surface area contributed by atoms with E-state index in [0.29, 0.717) is 17.9 Å². The predicted molar refractivity (Wildman–Crippen MR) is 89.1 cm³/mol. The summed E-state index contributed by atoms with van der Waals surface area (Å²) in [6, 6.07) is 8.93. The van der Waals surface area contributed by atoms with Crippen LogP contribution in [0.15, 0.2) is 34.9 Å². The van der Waals surface area contributed by atoms with E-state index in [1.54, 1.807) is 6.07 Å². The van der Waals surface area contributed by atoms with Crippen LogP contribution in [0.1, 0.15) is 17.7 Å². The Labute approximate surface area is 140 Å². The zero-order valence-corrected chi connectivity index (χ0v) is 14.1. The molecule has 1 aliphatic rings. The quantitative estimate of drug-likeness (QED) is 0.874. The van der Waals surface area contributed by atoms with E-state index in [0.717, 1.165) is 11.1 Å². The van der Waals surface area contributed by atoms with Gasteiger partial charge in [0.25, 0.3) is 0 Å². The fourth-order valence-corrected chi connectivity index (χ4v) is 4.24. The monoisotopic (exact) mass is 349 g/mol. The molecule has 0 aliphatic carbocycles. The highest BCUT2D eigenvalue weighted by molar-refractivity contribution is 7.91. The number of amides is 2. The minimum Gasteiger partial charge on any atom is -0.359 e. The first-order valence-electron chi connectivity index (χ1n) is 7.69. The Morgan fingerprint density at radius 2 is 2.08 bits per heavy atom. The standard InChI is InChI=1S/C16H19N3O4S/c1-11-2-4-12(5-3-11)15-8-14(23-19-15)9-17-16(20)18-13-6-7-24(21,22)10-13/h2-5,8,13H,6-7,9-10H2,1H3,(H2,17,18,20)/t13-/m1/s1. The maximum atomic E-state index is 11.8. The van der Waals surface area contributed by atoms with Crippen molar-refractivity contribution in [2.45, 2.75) is 25.9 Å². The summed E-state index contributed by atoms with van der Waals surface area (Å²) in [5.41, 5.74) is 2.81. The van der Waals surface area contributed by atoms with E-state index in [2.05, 4.69) is 15.8 Å². The van der Waals surface area contributed by atoms with E-state index in [9.17, 15) is 13.2 Å². The number of carbonyl (C=O) groups is 1. The molecule has 0 saturated carbocycles. The minimum atomic E-state index is -3.01. The Kier molecular flexibility index (Phi) is 4.57. The van der Waals surface area contributed by atoms with Gasteiger partial charge in [0.05, 0.1) is 18.1 Å². The van der Waals surface area contributed by atoms with Crippen molar-refractivity contribution in [1.29, 1.82) is 0 Å². The normalized spacial score (nSPS) is 19.1. The number of sulfone groups is 1. The summed E-state index contributed by atoms with van der Waals surface area (Å²) >= 11 is 0. The predicted octanol–water partition coefficient (Wildman–Crippen LogP) is 1.64. The van der Waals surface area contributed by atoms with Gasteiger partial charge in [-0.25, -0.2) is 13.2 Å². The smallest absolute Gasteiger partial charge is 0.315 e. The third kappa shape index (κ3) is 4.14. The van der Waals surface area contributed by atoms with Gasteiger partial charge in [0.15, 0.2) is 15.6 Å². The van der Waals surface area contributed by atoms with Crippen molar-refractivity contribution in [1.82, 2.24) is 15.8 Å². The van der Waals surface area contributed by atoms with Crippen LogP contribution >= 0.6 is 0 Å². The van der Waals surface area contributed by atoms with Gasteiger partial charge in [-0.15, -0.1) is 0 Å². The molecule has 7 nitrogen and oxygen atoms in total. The van der Waals surface area contributed by atoms with Crippen LogP contribution in [0.4, 0.5) is 4.79 Å². The molecule has 1 aromatic heterocycles. The van der Waals surface area contributed by atoms with E-state index in [1.807, 2.05) is 31.2 Å². The molecule has 2 N–H and O–H groups in total. The zero-order chi connectivity index (χ0) is 17.2. The van der Waals surface area contributed by atoms with Gasteiger partial charge < -0.3 is 15.2 Å². The molecule has 0 unspecified atom stereocenters. The molecule has 1 fully saturated rings. The van der Waals surface area contributed by atoms with Crippen LogP contribution in [-0.4, -0.2) is 37.2 Å². The number of aryl methyl sites for hydroxylation is 1. The van der Waals surface area contributed by atoms with E-state index < -0.39 is 15.9 Å². The van der Waals surface area contributed by atoms with Gasteiger partial charge >= 0.3 is 6.03 Å². The maximum Gasteiger partial charge on any atom is 0.315 e. The SMILES string of the molecule is Cc1ccc(-c2cc(CNC(=O)N[C@@H]3CCS(=O)(=O)C3)on2)cc1. The van der Waals surface area contributed by atoms with Crippen molar-refractivity contribution >= 4 is 15.9 Å². The molecule has 8 heteroatoms. The van der Waals surface area contributed by atoms with Crippen molar-refractivity contribution in [2.24, 2.45) is 0 Å². The highest BCUT2D eigenvalue weighted by atomic mass is 32.2. The second-order valence-corrected chi connectivity index (χ2v) is 8.20. The number of rotatable bonds is 4. The zero-order valence-electron chi connectivity index (χ0n) is 13.3. The fourth-order valence-electron chi connectivity index (χ4n) is 2.57. The highest BCUT2D eigenvalue weighted by Crippen LogP contribution is 2.19. The highest BCUT2D eigenvalue weighted by Gasteiger charge is 2.28. The van der Waals surface area contributed by atoms with E-state index in [1.165, 1.54) is 0 Å². The van der Waals surface area contributed by atoms with Gasteiger partial charge in [-0.3, -0.25) is 0 Å². The van der Waals surface area contributed by atoms with Crippen molar-refractivity contribution in [3.8, 4) is 11.3 Å². The molecule has 2 amide bonds. The lowest BCUT2D eigenvalue weighted by Gasteiger charge is -2.10. The molecule has 2 aromatic rings. The molecule has 24 heavy (non-hydrogen) atoms. The molecular formula is C16H19N3O4S. The Hall–Kier alpha value is -2.35. The van der Waals surface area contributed by atoms with Gasteiger partial charge in [0, 0.05) is 17.7 Å². The van der Waals surface area contributed by atoms with Gasteiger partial charge in [0.2, 0.25) is 0 Å². The summed E-state index contributed by atoms with van der Waals surface area (Å²) < 4.78 is 27.9. The Morgan fingerprint density at radius 3 is 2.75 bits per heavy atom. The average Bonchev–Trinajstić information content (AvgIpc) is 3.12. The third-order valence-electron chi connectivity index (χ3n) is 3.90. The number of nitrogens with zero attached hydrogens (tertiary/aromatic N) is 1. The first kappa shape index (κ1) is 16.5. The Balaban J connectivity index is 1.52. The molecule has 0 bridgehead atoms. The summed E-state index contributed by atoms with van der Waals surface area (Å²) in [4.78, 5) is 11.8. The number of nitrogens with one attached hydrogen (secondary N) is 2. The number of urea groups is 1. The van der Waals surface area contributed by atoms with Crippen LogP contribution < -0.4 is 10.6 Å². The maximum absolute atomic E-state index is 11.8. The Morgan fingerprint density at radius 1 is 1.33 bits per heavy atom. The van der Waals surface area contributed by atoms with E-state index >= 15 is 0 Å². The number of hydrogen-bond acceptors (Lipinski definition) is 5. The van der Waals surface area contributed by atoms with E-state index in [-0.39, 0.29) is 24.1 Å². The Bertz CT molecular complexity index is 827. The number of benzene rings is 1. The molecule has 0 spiro atoms. The van der Waals surface area contributed by atoms with Crippen LogP contribution in [0, 0.1) is 6.92 Å². The average molecular weight is 349 g/mol. The third-order valence-corrected chi connectivity index (χ3v) is 5.67. The van der Waals surface area contributed by atoms with Crippen LogP contribution in [0.2, 0.25) is 0 Å². The summed E-state index contributed by atoms with van der Waals surface area (Å²) in [5, 5.41) is 9.30. The van der Waals surface area contributed by atoms with Crippen LogP contribution in [0.5, 0.6) is 0 Å². The number of carbonyl (C=O) groups excluding carboxylic acids is 1. The summed E-state index contributed by atoms with van der Waals surface area (Å²) in [7, 11) is -3.01. The fraction of sp³-hybridized carbons (Fsp3) is 0.375. The first-order chi connectivity index (χ1) is 11.4. The van der Waals surface area contributed by atoms with Crippen LogP contribution in [0.25, 0.3) is 11.3 Å². The van der Waals surface area contributed by atoms with Crippen molar-refractivity contribution < 1.29 is 17.7 Å². The molecule has 1 atom stereocenters. The number of aromatic nitrogens is 1. The van der Waals surface area contributed by atoms with Crippen molar-refractivity contribution in [3.05, 3.63) is 41.7 Å². The second-order valence-electron chi connectivity index (χ2n) is 5.97. The molecule has 1 saturated heterocycles. The summed E-state index contributed by atoms with van der Waals surface area (Å²) in [6.07, 6.45) is 0.454. The summed E-state index contributed by atoms with van der Waals surface area (Å²) in [6.45, 7) is 2.19. The summed E-state index contributed by atoms with van der Waals surface area (Å²) in [5.74, 6) is 0.653. The largest absolute Gasteiger partial charge is 0.359 e. The second kappa shape index (κ2) is 6.64. The molecule has 1 aromatic carbocycles. The lowest BCUT2D eigenvalue weighted by atomic mass is 10.1. The molecule has 128 valence electrons. The molecule has 0 radical (unpaired) electrons. The van der Waals surface area contributed by atoms with E-state index in [4.69, 9.17) is 4.52 Å². The lowest BCUT2D eigenvalue weighted by molar-refractivity contribution is 0.236. The van der Waals surface area contributed by atoms with Crippen LogP contribution in [-0.2, 0) is 16.4 Å². The molecule has 2 heterocycles. The van der Waals surface area contributed by atoms with Crippen molar-refractivity contribution in [2.75, 3.05) is 11.5 Å². The van der Waals surface area contributed by atoms with Crippen LogP contribution in [0.3, 0.4) is 0 Å². The first-order valence-corrected chi connectivity index (χ1v) is 9.51. The molecule has 3 rings (SSSR count). The number of hydrogen-bond donors (Lipinski definition) is 2. The lowest BCUT2D eigenvalue weighted by Crippen LogP contribution is -2.42.